The Bertz CT molecular complexity index is 355. The average Bonchev–Trinajstić information content (AvgIpc) is 2.09. The zero-order valence-corrected chi connectivity index (χ0v) is 10.5. The van der Waals surface area contributed by atoms with Crippen LogP contribution in [0, 0.1) is 11.2 Å². The van der Waals surface area contributed by atoms with Crippen LogP contribution in [0.5, 0.6) is 0 Å². The van der Waals surface area contributed by atoms with Crippen LogP contribution in [0.4, 0.5) is 10.1 Å². The molecule has 90 valence electrons. The molecular weight excluding hydrogens is 203 g/mol. The Hall–Kier alpha value is -1.09. The van der Waals surface area contributed by atoms with Crippen molar-refractivity contribution >= 4 is 5.69 Å². The van der Waals surface area contributed by atoms with Crippen LogP contribution < -0.4 is 5.73 Å². The largest absolute Gasteiger partial charge is 0.396 e. The molecule has 0 aliphatic carbocycles. The van der Waals surface area contributed by atoms with Crippen molar-refractivity contribution in [2.45, 2.75) is 27.3 Å². The summed E-state index contributed by atoms with van der Waals surface area (Å²) in [6.07, 6.45) is 0. The van der Waals surface area contributed by atoms with Gasteiger partial charge in [-0.25, -0.2) is 4.39 Å². The van der Waals surface area contributed by atoms with Gasteiger partial charge in [0.05, 0.1) is 5.69 Å². The van der Waals surface area contributed by atoms with Gasteiger partial charge in [0.25, 0.3) is 0 Å². The number of nitrogens with zero attached hydrogens (tertiary/aromatic N) is 1. The van der Waals surface area contributed by atoms with Gasteiger partial charge in [-0.3, -0.25) is 0 Å². The van der Waals surface area contributed by atoms with E-state index in [1.165, 1.54) is 0 Å². The first-order valence-corrected chi connectivity index (χ1v) is 5.51. The summed E-state index contributed by atoms with van der Waals surface area (Å²) in [5, 5.41) is 0. The van der Waals surface area contributed by atoms with E-state index in [1.807, 2.05) is 7.05 Å². The summed E-state index contributed by atoms with van der Waals surface area (Å²) in [6.45, 7) is 8.01. The summed E-state index contributed by atoms with van der Waals surface area (Å²) in [7, 11) is 1.99. The average molecular weight is 224 g/mol. The van der Waals surface area contributed by atoms with Crippen LogP contribution in [0.15, 0.2) is 18.2 Å². The Labute approximate surface area is 97.3 Å². The summed E-state index contributed by atoms with van der Waals surface area (Å²) in [6, 6.07) is 5.16. The summed E-state index contributed by atoms with van der Waals surface area (Å²) in [4.78, 5) is 2.11. The molecule has 16 heavy (non-hydrogen) atoms. The predicted molar refractivity (Wildman–Crippen MR) is 66.6 cm³/mol. The molecule has 0 saturated heterocycles. The summed E-state index contributed by atoms with van der Waals surface area (Å²) in [5.74, 6) is -0.289. The summed E-state index contributed by atoms with van der Waals surface area (Å²) >= 11 is 0. The number of hydrogen-bond acceptors (Lipinski definition) is 2. The third-order valence-corrected chi connectivity index (χ3v) is 2.29. The van der Waals surface area contributed by atoms with E-state index in [-0.39, 0.29) is 16.9 Å². The highest BCUT2D eigenvalue weighted by Gasteiger charge is 2.15. The van der Waals surface area contributed by atoms with E-state index in [0.717, 1.165) is 6.54 Å². The lowest BCUT2D eigenvalue weighted by Gasteiger charge is -2.26. The van der Waals surface area contributed by atoms with Gasteiger partial charge in [0, 0.05) is 18.7 Å². The second-order valence-electron chi connectivity index (χ2n) is 5.55. The SMILES string of the molecule is CN(Cc1cccc(N)c1F)CC(C)(C)C. The minimum atomic E-state index is -0.289. The fourth-order valence-electron chi connectivity index (χ4n) is 1.88. The maximum atomic E-state index is 13.6. The molecule has 0 aliphatic heterocycles. The molecule has 0 spiro atoms. The lowest BCUT2D eigenvalue weighted by molar-refractivity contribution is 0.219. The van der Waals surface area contributed by atoms with E-state index < -0.39 is 0 Å². The van der Waals surface area contributed by atoms with Crippen molar-refractivity contribution in [3.8, 4) is 0 Å². The third kappa shape index (κ3) is 3.81. The third-order valence-electron chi connectivity index (χ3n) is 2.29. The van der Waals surface area contributed by atoms with E-state index in [9.17, 15) is 4.39 Å². The van der Waals surface area contributed by atoms with E-state index in [2.05, 4.69) is 25.7 Å². The van der Waals surface area contributed by atoms with E-state index >= 15 is 0 Å². The highest BCUT2D eigenvalue weighted by molar-refractivity contribution is 5.42. The van der Waals surface area contributed by atoms with Gasteiger partial charge in [-0.2, -0.15) is 0 Å². The molecule has 0 atom stereocenters. The van der Waals surface area contributed by atoms with Crippen molar-refractivity contribution in [1.29, 1.82) is 0 Å². The summed E-state index contributed by atoms with van der Waals surface area (Å²) in [5.41, 5.74) is 6.63. The molecule has 0 unspecified atom stereocenters. The molecule has 0 radical (unpaired) electrons. The first-order valence-electron chi connectivity index (χ1n) is 5.51. The van der Waals surface area contributed by atoms with Crippen molar-refractivity contribution in [2.24, 2.45) is 5.41 Å². The fraction of sp³-hybridized carbons (Fsp3) is 0.538. The van der Waals surface area contributed by atoms with Crippen LogP contribution in [0.25, 0.3) is 0 Å². The van der Waals surface area contributed by atoms with Crippen LogP contribution >= 0.6 is 0 Å². The number of anilines is 1. The van der Waals surface area contributed by atoms with Crippen molar-refractivity contribution in [3.05, 3.63) is 29.6 Å². The Morgan fingerprint density at radius 2 is 1.94 bits per heavy atom. The van der Waals surface area contributed by atoms with E-state index in [0.29, 0.717) is 12.1 Å². The number of halogens is 1. The normalized spacial score (nSPS) is 12.1. The topological polar surface area (TPSA) is 29.3 Å². The highest BCUT2D eigenvalue weighted by Crippen LogP contribution is 2.19. The second kappa shape index (κ2) is 4.83. The zero-order valence-electron chi connectivity index (χ0n) is 10.5. The van der Waals surface area contributed by atoms with Crippen LogP contribution in [-0.4, -0.2) is 18.5 Å². The smallest absolute Gasteiger partial charge is 0.150 e. The molecular formula is C13H21FN2. The van der Waals surface area contributed by atoms with E-state index in [4.69, 9.17) is 5.73 Å². The van der Waals surface area contributed by atoms with Gasteiger partial charge in [0.2, 0.25) is 0 Å². The second-order valence-corrected chi connectivity index (χ2v) is 5.55. The summed E-state index contributed by atoms with van der Waals surface area (Å²) < 4.78 is 13.6. The first kappa shape index (κ1) is 13.0. The lowest BCUT2D eigenvalue weighted by atomic mass is 9.96. The maximum absolute atomic E-state index is 13.6. The fourth-order valence-corrected chi connectivity index (χ4v) is 1.88. The minimum Gasteiger partial charge on any atom is -0.396 e. The van der Waals surface area contributed by atoms with Crippen LogP contribution in [-0.2, 0) is 6.54 Å². The van der Waals surface area contributed by atoms with Gasteiger partial charge in [-0.05, 0) is 18.5 Å². The maximum Gasteiger partial charge on any atom is 0.150 e. The Kier molecular flexibility index (Phi) is 3.92. The number of nitrogens with two attached hydrogens (primary N) is 1. The van der Waals surface area contributed by atoms with Crippen LogP contribution in [0.1, 0.15) is 26.3 Å². The standard InChI is InChI=1S/C13H21FN2/c1-13(2,3)9-16(4)8-10-6-5-7-11(15)12(10)14/h5-7H,8-9,15H2,1-4H3. The molecule has 2 N–H and O–H groups in total. The van der Waals surface area contributed by atoms with Gasteiger partial charge in [0.1, 0.15) is 0 Å². The number of benzene rings is 1. The molecule has 0 heterocycles. The first-order chi connectivity index (χ1) is 7.29. The molecule has 1 aromatic carbocycles. The minimum absolute atomic E-state index is 0.214. The van der Waals surface area contributed by atoms with Crippen LogP contribution in [0.3, 0.4) is 0 Å². The molecule has 0 fully saturated rings. The molecule has 3 heteroatoms. The molecule has 0 amide bonds. The van der Waals surface area contributed by atoms with Gasteiger partial charge >= 0.3 is 0 Å². The predicted octanol–water partition coefficient (Wildman–Crippen LogP) is 2.89. The van der Waals surface area contributed by atoms with Crippen molar-refractivity contribution in [3.63, 3.8) is 0 Å². The monoisotopic (exact) mass is 224 g/mol. The van der Waals surface area contributed by atoms with Gasteiger partial charge in [-0.1, -0.05) is 32.9 Å². The van der Waals surface area contributed by atoms with E-state index in [1.54, 1.807) is 18.2 Å². The molecule has 0 aromatic heterocycles. The molecule has 0 bridgehead atoms. The number of hydrogen-bond donors (Lipinski definition) is 1. The molecule has 1 rings (SSSR count). The molecule has 0 saturated carbocycles. The molecule has 0 aliphatic rings. The Morgan fingerprint density at radius 1 is 1.31 bits per heavy atom. The van der Waals surface area contributed by atoms with Gasteiger partial charge < -0.3 is 10.6 Å². The lowest BCUT2D eigenvalue weighted by Crippen LogP contribution is -2.29. The highest BCUT2D eigenvalue weighted by atomic mass is 19.1. The van der Waals surface area contributed by atoms with Crippen LogP contribution in [0.2, 0.25) is 0 Å². The number of nitrogen functional groups attached to an aromatic ring is 1. The van der Waals surface area contributed by atoms with Gasteiger partial charge in [-0.15, -0.1) is 0 Å². The van der Waals surface area contributed by atoms with Crippen molar-refractivity contribution in [1.82, 2.24) is 4.90 Å². The number of rotatable bonds is 3. The zero-order chi connectivity index (χ0) is 12.3. The van der Waals surface area contributed by atoms with Gasteiger partial charge in [0.15, 0.2) is 5.82 Å². The molecule has 2 nitrogen and oxygen atoms in total. The van der Waals surface area contributed by atoms with Crippen molar-refractivity contribution < 1.29 is 4.39 Å². The molecule has 1 aromatic rings. The van der Waals surface area contributed by atoms with Crippen molar-refractivity contribution in [2.75, 3.05) is 19.3 Å². The quantitative estimate of drug-likeness (QED) is 0.800. The Balaban J connectivity index is 2.70. The Morgan fingerprint density at radius 3 is 2.50 bits per heavy atom.